The zero-order valence-corrected chi connectivity index (χ0v) is 17.9. The third-order valence-corrected chi connectivity index (χ3v) is 6.19. The largest absolute Gasteiger partial charge is 0.497 e. The Kier molecular flexibility index (Phi) is 4.84. The normalized spacial score (nSPS) is 11.0. The van der Waals surface area contributed by atoms with Crippen molar-refractivity contribution in [1.29, 1.82) is 0 Å². The average molecular weight is 426 g/mol. The lowest BCUT2D eigenvalue weighted by atomic mass is 9.97. The lowest BCUT2D eigenvalue weighted by Gasteiger charge is -2.14. The fraction of sp³-hybridized carbons (Fsp3) is 0.0800. The van der Waals surface area contributed by atoms with Crippen LogP contribution in [0.2, 0.25) is 0 Å². The van der Waals surface area contributed by atoms with Crippen LogP contribution in [0.4, 0.5) is 5.13 Å². The standard InChI is InChI=1S/C25H19N3O2S/c1-15-22(24(29)28-25-27-20-9-5-6-10-21(20)31-25)18-7-3-4-8-19(18)26-23(15)16-11-13-17(30-2)14-12-16/h3-14H,1-2H3,(H,27,28,29). The predicted octanol–water partition coefficient (Wildman–Crippen LogP) is 6.08. The van der Waals surface area contributed by atoms with E-state index < -0.39 is 0 Å². The third-order valence-electron chi connectivity index (χ3n) is 5.24. The van der Waals surface area contributed by atoms with Crippen molar-refractivity contribution in [2.75, 3.05) is 12.4 Å². The van der Waals surface area contributed by atoms with E-state index in [0.29, 0.717) is 10.7 Å². The van der Waals surface area contributed by atoms with E-state index in [1.54, 1.807) is 7.11 Å². The quantitative estimate of drug-likeness (QED) is 0.379. The minimum atomic E-state index is -0.190. The Morgan fingerprint density at radius 3 is 2.35 bits per heavy atom. The molecular weight excluding hydrogens is 406 g/mol. The van der Waals surface area contributed by atoms with E-state index in [1.165, 1.54) is 11.3 Å². The summed E-state index contributed by atoms with van der Waals surface area (Å²) in [5.74, 6) is 0.584. The van der Waals surface area contributed by atoms with E-state index >= 15 is 0 Å². The molecule has 0 spiro atoms. The molecule has 0 radical (unpaired) electrons. The Morgan fingerprint density at radius 2 is 1.61 bits per heavy atom. The first-order valence-corrected chi connectivity index (χ1v) is 10.7. The van der Waals surface area contributed by atoms with Crippen LogP contribution >= 0.6 is 11.3 Å². The SMILES string of the molecule is COc1ccc(-c2nc3ccccc3c(C(=O)Nc3nc4ccccc4s3)c2C)cc1. The molecule has 0 unspecified atom stereocenters. The van der Waals surface area contributed by atoms with Gasteiger partial charge in [-0.25, -0.2) is 9.97 Å². The first-order chi connectivity index (χ1) is 15.1. The van der Waals surface area contributed by atoms with Gasteiger partial charge in [0.05, 0.1) is 34.1 Å². The number of methoxy groups -OCH3 is 1. The molecule has 31 heavy (non-hydrogen) atoms. The summed E-state index contributed by atoms with van der Waals surface area (Å²) in [5, 5.41) is 4.39. The molecule has 0 bridgehead atoms. The van der Waals surface area contributed by atoms with E-state index in [9.17, 15) is 4.79 Å². The van der Waals surface area contributed by atoms with Gasteiger partial charge >= 0.3 is 0 Å². The zero-order valence-electron chi connectivity index (χ0n) is 17.0. The van der Waals surface area contributed by atoms with Gasteiger partial charge in [0.25, 0.3) is 5.91 Å². The number of para-hydroxylation sites is 2. The molecule has 1 N–H and O–H groups in total. The highest BCUT2D eigenvalue weighted by Crippen LogP contribution is 2.32. The highest BCUT2D eigenvalue weighted by atomic mass is 32.1. The number of nitrogens with one attached hydrogen (secondary N) is 1. The van der Waals surface area contributed by atoms with Gasteiger partial charge in [-0.1, -0.05) is 41.7 Å². The van der Waals surface area contributed by atoms with Gasteiger partial charge in [-0.2, -0.15) is 0 Å². The smallest absolute Gasteiger partial charge is 0.258 e. The number of hydrogen-bond donors (Lipinski definition) is 1. The maximum atomic E-state index is 13.4. The van der Waals surface area contributed by atoms with Crippen LogP contribution in [-0.2, 0) is 0 Å². The minimum Gasteiger partial charge on any atom is -0.497 e. The number of carbonyl (C=O) groups excluding carboxylic acids is 1. The van der Waals surface area contributed by atoms with Gasteiger partial charge in [-0.15, -0.1) is 0 Å². The van der Waals surface area contributed by atoms with Gasteiger partial charge in [0, 0.05) is 10.9 Å². The highest BCUT2D eigenvalue weighted by molar-refractivity contribution is 7.22. The molecule has 5 rings (SSSR count). The number of fused-ring (bicyclic) bond motifs is 2. The van der Waals surface area contributed by atoms with E-state index in [0.717, 1.165) is 43.7 Å². The summed E-state index contributed by atoms with van der Waals surface area (Å²) in [6, 6.07) is 23.3. The number of pyridine rings is 1. The Labute approximate surface area is 183 Å². The molecule has 0 fully saturated rings. The number of nitrogens with zero attached hydrogens (tertiary/aromatic N) is 2. The van der Waals surface area contributed by atoms with Crippen LogP contribution < -0.4 is 10.1 Å². The van der Waals surface area contributed by atoms with Gasteiger partial charge in [0.15, 0.2) is 5.13 Å². The Balaban J connectivity index is 1.62. The molecule has 0 atom stereocenters. The van der Waals surface area contributed by atoms with Crippen LogP contribution in [0.25, 0.3) is 32.4 Å². The molecule has 5 nitrogen and oxygen atoms in total. The molecule has 0 saturated carbocycles. The van der Waals surface area contributed by atoms with Gasteiger partial charge < -0.3 is 4.74 Å². The number of amides is 1. The molecule has 5 aromatic rings. The van der Waals surface area contributed by atoms with Gasteiger partial charge in [-0.3, -0.25) is 10.1 Å². The van der Waals surface area contributed by atoms with E-state index in [2.05, 4.69) is 10.3 Å². The Bertz CT molecular complexity index is 1390. The Hall–Kier alpha value is -3.77. The number of carbonyl (C=O) groups is 1. The van der Waals surface area contributed by atoms with Gasteiger partial charge in [0.1, 0.15) is 5.75 Å². The van der Waals surface area contributed by atoms with Crippen molar-refractivity contribution in [3.63, 3.8) is 0 Å². The average Bonchev–Trinajstić information content (AvgIpc) is 3.21. The second-order valence-corrected chi connectivity index (χ2v) is 8.18. The van der Waals surface area contributed by atoms with Crippen LogP contribution in [0.15, 0.2) is 72.8 Å². The second kappa shape index (κ2) is 7.81. The zero-order chi connectivity index (χ0) is 21.4. The molecule has 152 valence electrons. The summed E-state index contributed by atoms with van der Waals surface area (Å²) < 4.78 is 6.30. The molecule has 0 saturated heterocycles. The molecule has 2 heterocycles. The first-order valence-electron chi connectivity index (χ1n) is 9.85. The van der Waals surface area contributed by atoms with Gasteiger partial charge in [0.2, 0.25) is 0 Å². The summed E-state index contributed by atoms with van der Waals surface area (Å²) in [7, 11) is 1.64. The fourth-order valence-electron chi connectivity index (χ4n) is 3.72. The van der Waals surface area contributed by atoms with Crippen molar-refractivity contribution in [1.82, 2.24) is 9.97 Å². The number of hydrogen-bond acceptors (Lipinski definition) is 5. The summed E-state index contributed by atoms with van der Waals surface area (Å²) in [6.07, 6.45) is 0. The Morgan fingerprint density at radius 1 is 0.903 bits per heavy atom. The molecule has 0 aliphatic heterocycles. The van der Waals surface area contributed by atoms with Crippen LogP contribution in [-0.4, -0.2) is 23.0 Å². The molecule has 6 heteroatoms. The molecule has 1 amide bonds. The molecule has 3 aromatic carbocycles. The second-order valence-electron chi connectivity index (χ2n) is 7.15. The molecule has 0 aliphatic rings. The third kappa shape index (κ3) is 3.51. The number of benzene rings is 3. The number of anilines is 1. The van der Waals surface area contributed by atoms with E-state index in [1.807, 2.05) is 79.7 Å². The summed E-state index contributed by atoms with van der Waals surface area (Å²) in [4.78, 5) is 22.8. The molecule has 0 aliphatic carbocycles. The van der Waals surface area contributed by atoms with Crippen LogP contribution in [0.1, 0.15) is 15.9 Å². The minimum absolute atomic E-state index is 0.190. The van der Waals surface area contributed by atoms with Crippen LogP contribution in [0.3, 0.4) is 0 Å². The van der Waals surface area contributed by atoms with Crippen LogP contribution in [0.5, 0.6) is 5.75 Å². The van der Waals surface area contributed by atoms with Crippen LogP contribution in [0, 0.1) is 6.92 Å². The van der Waals surface area contributed by atoms with Crippen molar-refractivity contribution in [2.45, 2.75) is 6.92 Å². The van der Waals surface area contributed by atoms with Crippen molar-refractivity contribution in [2.24, 2.45) is 0 Å². The summed E-state index contributed by atoms with van der Waals surface area (Å²) >= 11 is 1.46. The summed E-state index contributed by atoms with van der Waals surface area (Å²) in [5.41, 5.74) is 4.78. The monoisotopic (exact) mass is 425 g/mol. The van der Waals surface area contributed by atoms with E-state index in [-0.39, 0.29) is 5.91 Å². The fourth-order valence-corrected chi connectivity index (χ4v) is 4.58. The number of rotatable bonds is 4. The summed E-state index contributed by atoms with van der Waals surface area (Å²) in [6.45, 7) is 1.94. The number of ether oxygens (including phenoxy) is 1. The van der Waals surface area contributed by atoms with Gasteiger partial charge in [-0.05, 0) is 55.0 Å². The molecular formula is C25H19N3O2S. The highest BCUT2D eigenvalue weighted by Gasteiger charge is 2.20. The van der Waals surface area contributed by atoms with Crippen molar-refractivity contribution in [3.8, 4) is 17.0 Å². The van der Waals surface area contributed by atoms with Crippen molar-refractivity contribution < 1.29 is 9.53 Å². The maximum Gasteiger partial charge on any atom is 0.258 e. The topological polar surface area (TPSA) is 64.1 Å². The predicted molar refractivity (Wildman–Crippen MR) is 126 cm³/mol. The maximum absolute atomic E-state index is 13.4. The van der Waals surface area contributed by atoms with Crippen molar-refractivity contribution >= 4 is 43.5 Å². The lowest BCUT2D eigenvalue weighted by Crippen LogP contribution is -2.15. The van der Waals surface area contributed by atoms with E-state index in [4.69, 9.17) is 9.72 Å². The molecule has 2 aromatic heterocycles. The van der Waals surface area contributed by atoms with Crippen molar-refractivity contribution in [3.05, 3.63) is 83.9 Å². The first kappa shape index (κ1) is 19.2. The number of thiazole rings is 1. The lowest BCUT2D eigenvalue weighted by molar-refractivity contribution is 0.102. The number of aromatic nitrogens is 2.